The second kappa shape index (κ2) is 7.54. The molecule has 2 atom stereocenters. The Balaban J connectivity index is 1.86. The fourth-order valence-corrected chi connectivity index (χ4v) is 5.36. The zero-order valence-electron chi connectivity index (χ0n) is 16.5. The van der Waals surface area contributed by atoms with E-state index in [2.05, 4.69) is 10.0 Å². The average Bonchev–Trinajstić information content (AvgIpc) is 2.98. The summed E-state index contributed by atoms with van der Waals surface area (Å²) in [5, 5.41) is 3.34. The van der Waals surface area contributed by atoms with Crippen molar-refractivity contribution in [1.29, 1.82) is 0 Å². The molecule has 0 saturated carbocycles. The van der Waals surface area contributed by atoms with Crippen molar-refractivity contribution in [3.8, 4) is 0 Å². The Morgan fingerprint density at radius 1 is 1.00 bits per heavy atom. The summed E-state index contributed by atoms with van der Waals surface area (Å²) >= 11 is 6.21. The molecule has 4 rings (SSSR count). The summed E-state index contributed by atoms with van der Waals surface area (Å²) < 4.78 is 29.3. The van der Waals surface area contributed by atoms with Crippen molar-refractivity contribution >= 4 is 33.2 Å². The summed E-state index contributed by atoms with van der Waals surface area (Å²) in [5.41, 5.74) is 1.79. The van der Waals surface area contributed by atoms with Gasteiger partial charge in [0.15, 0.2) is 0 Å². The van der Waals surface area contributed by atoms with Crippen LogP contribution in [0.2, 0.25) is 5.02 Å². The fraction of sp³-hybridized carbons (Fsp3) is 0.174. The first kappa shape index (κ1) is 20.6. The predicted octanol–water partition coefficient (Wildman–Crippen LogP) is 4.58. The molecule has 3 aromatic rings. The van der Waals surface area contributed by atoms with Crippen LogP contribution < -0.4 is 10.0 Å². The summed E-state index contributed by atoms with van der Waals surface area (Å²) in [6.07, 6.45) is 0. The van der Waals surface area contributed by atoms with Crippen LogP contribution in [0.25, 0.3) is 0 Å². The summed E-state index contributed by atoms with van der Waals surface area (Å²) in [7, 11) is -3.91. The third-order valence-electron chi connectivity index (χ3n) is 5.57. The molecule has 1 heterocycles. The Morgan fingerprint density at radius 3 is 2.40 bits per heavy atom. The Labute approximate surface area is 181 Å². The number of hydrogen-bond donors (Lipinski definition) is 2. The van der Waals surface area contributed by atoms with Crippen molar-refractivity contribution in [2.75, 3.05) is 5.32 Å². The maximum Gasteiger partial charge on any atom is 0.241 e. The molecule has 0 spiro atoms. The standard InChI is InChI=1S/C23H21ClN2O3S/c1-15-10-12-18(13-11-15)30(28,29)26-21(16-6-5-7-17(24)14-16)23(2)19-8-3-4-9-20(19)25-22(23)27/h3-14,21,26H,1-2H3,(H,25,27)/t21-,23-/m0/s1. The summed E-state index contributed by atoms with van der Waals surface area (Å²) in [6, 6.07) is 19.9. The van der Waals surface area contributed by atoms with E-state index in [9.17, 15) is 13.2 Å². The molecule has 2 N–H and O–H groups in total. The number of halogens is 1. The third kappa shape index (κ3) is 3.51. The highest BCUT2D eigenvalue weighted by Gasteiger charge is 2.50. The van der Waals surface area contributed by atoms with Crippen molar-refractivity contribution in [3.05, 3.63) is 94.5 Å². The number of carbonyl (C=O) groups excluding carboxylic acids is 1. The minimum atomic E-state index is -3.91. The van der Waals surface area contributed by atoms with Crippen LogP contribution in [0, 0.1) is 6.92 Å². The molecule has 1 aliphatic heterocycles. The highest BCUT2D eigenvalue weighted by Crippen LogP contribution is 2.46. The van der Waals surface area contributed by atoms with Crippen molar-refractivity contribution in [1.82, 2.24) is 4.72 Å². The van der Waals surface area contributed by atoms with E-state index in [0.29, 0.717) is 16.3 Å². The van der Waals surface area contributed by atoms with Crippen LogP contribution >= 0.6 is 11.6 Å². The number of aryl methyl sites for hydroxylation is 1. The lowest BCUT2D eigenvalue weighted by atomic mass is 9.74. The van der Waals surface area contributed by atoms with Gasteiger partial charge in [-0.2, -0.15) is 0 Å². The minimum absolute atomic E-state index is 0.135. The van der Waals surface area contributed by atoms with Crippen LogP contribution in [0.15, 0.2) is 77.7 Å². The molecule has 154 valence electrons. The summed E-state index contributed by atoms with van der Waals surface area (Å²) in [4.78, 5) is 13.3. The first-order valence-electron chi connectivity index (χ1n) is 9.47. The first-order chi connectivity index (χ1) is 14.2. The van der Waals surface area contributed by atoms with Crippen molar-refractivity contribution in [2.45, 2.75) is 30.2 Å². The SMILES string of the molecule is Cc1ccc(S(=O)(=O)N[C@@H](c2cccc(Cl)c2)[C@@]2(C)C(=O)Nc3ccccc32)cc1. The fourth-order valence-electron chi connectivity index (χ4n) is 3.85. The summed E-state index contributed by atoms with van der Waals surface area (Å²) in [5.74, 6) is -0.278. The van der Waals surface area contributed by atoms with Gasteiger partial charge in [-0.1, -0.05) is 59.6 Å². The number of sulfonamides is 1. The monoisotopic (exact) mass is 440 g/mol. The molecule has 1 amide bonds. The van der Waals surface area contributed by atoms with Crippen molar-refractivity contribution < 1.29 is 13.2 Å². The molecule has 0 aliphatic carbocycles. The zero-order chi connectivity index (χ0) is 21.5. The quantitative estimate of drug-likeness (QED) is 0.609. The van der Waals surface area contributed by atoms with Gasteiger partial charge < -0.3 is 5.32 Å². The zero-order valence-corrected chi connectivity index (χ0v) is 18.1. The smallest absolute Gasteiger partial charge is 0.241 e. The van der Waals surface area contributed by atoms with Crippen molar-refractivity contribution in [2.24, 2.45) is 0 Å². The van der Waals surface area contributed by atoms with Gasteiger partial charge in [0.1, 0.15) is 0 Å². The van der Waals surface area contributed by atoms with E-state index in [4.69, 9.17) is 11.6 Å². The minimum Gasteiger partial charge on any atom is -0.325 e. The molecule has 7 heteroatoms. The summed E-state index contributed by atoms with van der Waals surface area (Å²) in [6.45, 7) is 3.64. The van der Waals surface area contributed by atoms with Gasteiger partial charge in [-0.05, 0) is 55.3 Å². The first-order valence-corrected chi connectivity index (χ1v) is 11.3. The number of nitrogens with one attached hydrogen (secondary N) is 2. The second-order valence-electron chi connectivity index (χ2n) is 7.62. The Kier molecular flexibility index (Phi) is 5.18. The van der Waals surface area contributed by atoms with Gasteiger partial charge in [0.05, 0.1) is 16.4 Å². The lowest BCUT2D eigenvalue weighted by Crippen LogP contribution is -2.46. The number of carbonyl (C=O) groups is 1. The van der Waals surface area contributed by atoms with E-state index >= 15 is 0 Å². The van der Waals surface area contributed by atoms with Crippen LogP contribution in [-0.4, -0.2) is 14.3 Å². The van der Waals surface area contributed by atoms with Crippen LogP contribution in [0.4, 0.5) is 5.69 Å². The highest BCUT2D eigenvalue weighted by atomic mass is 35.5. The lowest BCUT2D eigenvalue weighted by Gasteiger charge is -2.33. The number of rotatable bonds is 5. The number of amides is 1. The number of benzene rings is 3. The van der Waals surface area contributed by atoms with Gasteiger partial charge in [-0.3, -0.25) is 4.79 Å². The van der Waals surface area contributed by atoms with Crippen LogP contribution in [0.3, 0.4) is 0 Å². The normalized spacial score (nSPS) is 19.2. The van der Waals surface area contributed by atoms with E-state index in [-0.39, 0.29) is 10.8 Å². The molecule has 0 unspecified atom stereocenters. The number of para-hydroxylation sites is 1. The van der Waals surface area contributed by atoms with Gasteiger partial charge >= 0.3 is 0 Å². The van der Waals surface area contributed by atoms with Gasteiger partial charge in [-0.15, -0.1) is 0 Å². The van der Waals surface area contributed by atoms with E-state index in [0.717, 1.165) is 11.1 Å². The Hall–Kier alpha value is -2.67. The molecule has 0 fully saturated rings. The largest absolute Gasteiger partial charge is 0.325 e. The molecular formula is C23H21ClN2O3S. The Morgan fingerprint density at radius 2 is 1.70 bits per heavy atom. The van der Waals surface area contributed by atoms with Gasteiger partial charge in [0.25, 0.3) is 0 Å². The predicted molar refractivity (Wildman–Crippen MR) is 118 cm³/mol. The lowest BCUT2D eigenvalue weighted by molar-refractivity contribution is -0.121. The molecule has 3 aromatic carbocycles. The number of anilines is 1. The number of hydrogen-bond acceptors (Lipinski definition) is 3. The highest BCUT2D eigenvalue weighted by molar-refractivity contribution is 7.89. The molecule has 30 heavy (non-hydrogen) atoms. The molecule has 0 saturated heterocycles. The molecular weight excluding hydrogens is 420 g/mol. The third-order valence-corrected chi connectivity index (χ3v) is 7.24. The topological polar surface area (TPSA) is 75.3 Å². The molecule has 0 radical (unpaired) electrons. The Bertz CT molecular complexity index is 1230. The molecule has 0 bridgehead atoms. The maximum absolute atomic E-state index is 13.3. The van der Waals surface area contributed by atoms with E-state index in [1.165, 1.54) is 0 Å². The molecule has 5 nitrogen and oxygen atoms in total. The maximum atomic E-state index is 13.3. The molecule has 1 aliphatic rings. The van der Waals surface area contributed by atoms with E-state index in [1.54, 1.807) is 55.5 Å². The molecule has 0 aromatic heterocycles. The van der Waals surface area contributed by atoms with Crippen LogP contribution in [-0.2, 0) is 20.2 Å². The average molecular weight is 441 g/mol. The van der Waals surface area contributed by atoms with Crippen LogP contribution in [0.1, 0.15) is 29.7 Å². The van der Waals surface area contributed by atoms with Crippen molar-refractivity contribution in [3.63, 3.8) is 0 Å². The van der Waals surface area contributed by atoms with E-state index in [1.807, 2.05) is 31.2 Å². The van der Waals surface area contributed by atoms with Gasteiger partial charge in [0.2, 0.25) is 15.9 Å². The van der Waals surface area contributed by atoms with E-state index < -0.39 is 21.5 Å². The second-order valence-corrected chi connectivity index (χ2v) is 9.77. The van der Waals surface area contributed by atoms with Gasteiger partial charge in [0, 0.05) is 10.7 Å². The van der Waals surface area contributed by atoms with Gasteiger partial charge in [-0.25, -0.2) is 13.1 Å². The van der Waals surface area contributed by atoms with Crippen LogP contribution in [0.5, 0.6) is 0 Å². The number of fused-ring (bicyclic) bond motifs is 1.